The SMILES string of the molecule is CC(O)NS(=O)(=O)c1ccc(N)cc1. The fourth-order valence-electron chi connectivity index (χ4n) is 0.940. The third-order valence-electron chi connectivity index (χ3n) is 1.52. The summed E-state index contributed by atoms with van der Waals surface area (Å²) >= 11 is 0. The molecule has 0 saturated heterocycles. The summed E-state index contributed by atoms with van der Waals surface area (Å²) in [4.78, 5) is 0.0765. The van der Waals surface area contributed by atoms with Crippen molar-refractivity contribution in [3.05, 3.63) is 24.3 Å². The van der Waals surface area contributed by atoms with Crippen molar-refractivity contribution in [3.63, 3.8) is 0 Å². The molecule has 0 fully saturated rings. The topological polar surface area (TPSA) is 92.4 Å². The third kappa shape index (κ3) is 2.69. The number of rotatable bonds is 3. The molecule has 14 heavy (non-hydrogen) atoms. The zero-order valence-corrected chi connectivity index (χ0v) is 8.45. The number of hydrogen-bond donors (Lipinski definition) is 3. The molecule has 0 aliphatic carbocycles. The molecular formula is C8H12N2O3S. The summed E-state index contributed by atoms with van der Waals surface area (Å²) in [5, 5.41) is 8.89. The molecule has 0 spiro atoms. The van der Waals surface area contributed by atoms with Gasteiger partial charge in [-0.3, -0.25) is 0 Å². The average molecular weight is 216 g/mol. The van der Waals surface area contributed by atoms with Crippen molar-refractivity contribution in [3.8, 4) is 0 Å². The lowest BCUT2D eigenvalue weighted by atomic mass is 10.3. The van der Waals surface area contributed by atoms with Gasteiger partial charge in [-0.05, 0) is 31.2 Å². The number of aliphatic hydroxyl groups is 1. The minimum Gasteiger partial charge on any atom is -0.399 e. The molecule has 0 heterocycles. The molecule has 6 heteroatoms. The lowest BCUT2D eigenvalue weighted by Crippen LogP contribution is -2.32. The van der Waals surface area contributed by atoms with E-state index < -0.39 is 16.3 Å². The van der Waals surface area contributed by atoms with Crippen molar-refractivity contribution in [2.75, 3.05) is 5.73 Å². The number of nitrogens with one attached hydrogen (secondary N) is 1. The monoisotopic (exact) mass is 216 g/mol. The van der Waals surface area contributed by atoms with Crippen molar-refractivity contribution in [1.82, 2.24) is 4.72 Å². The summed E-state index contributed by atoms with van der Waals surface area (Å²) in [7, 11) is -3.63. The lowest BCUT2D eigenvalue weighted by Gasteiger charge is -2.08. The van der Waals surface area contributed by atoms with E-state index in [4.69, 9.17) is 10.8 Å². The van der Waals surface area contributed by atoms with Gasteiger partial charge in [-0.2, -0.15) is 4.72 Å². The first kappa shape index (κ1) is 11.0. The second-order valence-corrected chi connectivity index (χ2v) is 4.58. The summed E-state index contributed by atoms with van der Waals surface area (Å²) in [6, 6.07) is 5.72. The zero-order valence-electron chi connectivity index (χ0n) is 7.64. The fourth-order valence-corrected chi connectivity index (χ4v) is 2.02. The minimum absolute atomic E-state index is 0.0765. The highest BCUT2D eigenvalue weighted by atomic mass is 32.2. The Hall–Kier alpha value is -1.11. The summed E-state index contributed by atoms with van der Waals surface area (Å²) in [5.74, 6) is 0. The van der Waals surface area contributed by atoms with Gasteiger partial charge in [-0.15, -0.1) is 0 Å². The summed E-state index contributed by atoms with van der Waals surface area (Å²) in [6.07, 6.45) is -1.11. The van der Waals surface area contributed by atoms with E-state index >= 15 is 0 Å². The van der Waals surface area contributed by atoms with E-state index in [1.54, 1.807) is 0 Å². The van der Waals surface area contributed by atoms with E-state index in [1.807, 2.05) is 4.72 Å². The molecule has 1 unspecified atom stereocenters. The predicted octanol–water partition coefficient (Wildman–Crippen LogP) is -0.115. The van der Waals surface area contributed by atoms with Gasteiger partial charge in [0.2, 0.25) is 10.0 Å². The average Bonchev–Trinajstić information content (AvgIpc) is 2.02. The van der Waals surface area contributed by atoms with E-state index in [0.29, 0.717) is 5.69 Å². The molecule has 0 aromatic heterocycles. The first-order chi connectivity index (χ1) is 6.42. The van der Waals surface area contributed by atoms with Crippen molar-refractivity contribution >= 4 is 15.7 Å². The summed E-state index contributed by atoms with van der Waals surface area (Å²) < 4.78 is 24.9. The van der Waals surface area contributed by atoms with Gasteiger partial charge >= 0.3 is 0 Å². The highest BCUT2D eigenvalue weighted by molar-refractivity contribution is 7.89. The Kier molecular flexibility index (Phi) is 3.10. The molecule has 78 valence electrons. The number of hydrogen-bond acceptors (Lipinski definition) is 4. The van der Waals surface area contributed by atoms with Crippen LogP contribution in [0.25, 0.3) is 0 Å². The quantitative estimate of drug-likeness (QED) is 0.485. The van der Waals surface area contributed by atoms with E-state index in [2.05, 4.69) is 0 Å². The number of aliphatic hydroxyl groups excluding tert-OH is 1. The minimum atomic E-state index is -3.63. The van der Waals surface area contributed by atoms with Gasteiger partial charge in [-0.1, -0.05) is 0 Å². The van der Waals surface area contributed by atoms with Crippen LogP contribution in [0.2, 0.25) is 0 Å². The van der Waals surface area contributed by atoms with Crippen LogP contribution in [-0.4, -0.2) is 19.8 Å². The van der Waals surface area contributed by atoms with Crippen LogP contribution < -0.4 is 10.5 Å². The van der Waals surface area contributed by atoms with Gasteiger partial charge in [0.25, 0.3) is 0 Å². The maximum absolute atomic E-state index is 11.4. The van der Waals surface area contributed by atoms with Gasteiger partial charge in [-0.25, -0.2) is 8.42 Å². The number of sulfonamides is 1. The Morgan fingerprint density at radius 2 is 1.86 bits per heavy atom. The maximum Gasteiger partial charge on any atom is 0.242 e. The van der Waals surface area contributed by atoms with Crippen LogP contribution in [0.5, 0.6) is 0 Å². The third-order valence-corrected chi connectivity index (χ3v) is 3.06. The molecule has 0 aliphatic rings. The van der Waals surface area contributed by atoms with Crippen molar-refractivity contribution in [2.45, 2.75) is 18.0 Å². The molecule has 1 rings (SSSR count). The van der Waals surface area contributed by atoms with Crippen LogP contribution in [0.3, 0.4) is 0 Å². The Morgan fingerprint density at radius 3 is 2.29 bits per heavy atom. The first-order valence-corrected chi connectivity index (χ1v) is 5.46. The Morgan fingerprint density at radius 1 is 1.36 bits per heavy atom. The Bertz CT molecular complexity index is 397. The Labute approximate surface area is 82.6 Å². The molecule has 0 saturated carbocycles. The normalized spacial score (nSPS) is 13.9. The van der Waals surface area contributed by atoms with E-state index in [9.17, 15) is 8.42 Å². The van der Waals surface area contributed by atoms with Crippen molar-refractivity contribution in [2.24, 2.45) is 0 Å². The van der Waals surface area contributed by atoms with Crippen LogP contribution in [0.1, 0.15) is 6.92 Å². The number of anilines is 1. The molecule has 0 bridgehead atoms. The molecule has 1 aromatic carbocycles. The van der Waals surface area contributed by atoms with Crippen LogP contribution in [-0.2, 0) is 10.0 Å². The molecule has 1 atom stereocenters. The van der Waals surface area contributed by atoms with Gasteiger partial charge in [0, 0.05) is 5.69 Å². The largest absolute Gasteiger partial charge is 0.399 e. The lowest BCUT2D eigenvalue weighted by molar-refractivity contribution is 0.184. The van der Waals surface area contributed by atoms with Crippen LogP contribution in [0.4, 0.5) is 5.69 Å². The van der Waals surface area contributed by atoms with Gasteiger partial charge in [0.05, 0.1) is 4.90 Å². The fraction of sp³-hybridized carbons (Fsp3) is 0.250. The first-order valence-electron chi connectivity index (χ1n) is 3.98. The highest BCUT2D eigenvalue weighted by Crippen LogP contribution is 2.11. The molecule has 5 nitrogen and oxygen atoms in total. The van der Waals surface area contributed by atoms with E-state index in [1.165, 1.54) is 31.2 Å². The number of benzene rings is 1. The number of nitrogens with two attached hydrogens (primary N) is 1. The second kappa shape index (κ2) is 3.95. The zero-order chi connectivity index (χ0) is 10.8. The van der Waals surface area contributed by atoms with E-state index in [0.717, 1.165) is 0 Å². The van der Waals surface area contributed by atoms with Gasteiger partial charge in [0.15, 0.2) is 0 Å². The van der Waals surface area contributed by atoms with Crippen molar-refractivity contribution < 1.29 is 13.5 Å². The van der Waals surface area contributed by atoms with Crippen LogP contribution in [0.15, 0.2) is 29.2 Å². The molecule has 4 N–H and O–H groups in total. The second-order valence-electron chi connectivity index (χ2n) is 2.87. The van der Waals surface area contributed by atoms with Gasteiger partial charge in [0.1, 0.15) is 6.23 Å². The molecule has 0 radical (unpaired) electrons. The maximum atomic E-state index is 11.4. The Balaban J connectivity index is 2.99. The molecule has 0 amide bonds. The van der Waals surface area contributed by atoms with Crippen molar-refractivity contribution in [1.29, 1.82) is 0 Å². The number of nitrogen functional groups attached to an aromatic ring is 1. The van der Waals surface area contributed by atoms with Crippen LogP contribution >= 0.6 is 0 Å². The summed E-state index contributed by atoms with van der Waals surface area (Å²) in [5.41, 5.74) is 5.89. The predicted molar refractivity (Wildman–Crippen MR) is 52.9 cm³/mol. The smallest absolute Gasteiger partial charge is 0.242 e. The standard InChI is InChI=1S/C8H12N2O3S/c1-6(11)10-14(12,13)8-4-2-7(9)3-5-8/h2-6,10-11H,9H2,1H3. The highest BCUT2D eigenvalue weighted by Gasteiger charge is 2.14. The molecule has 0 aliphatic heterocycles. The molecular weight excluding hydrogens is 204 g/mol. The van der Waals surface area contributed by atoms with Crippen LogP contribution in [0, 0.1) is 0 Å². The molecule has 1 aromatic rings. The van der Waals surface area contributed by atoms with Gasteiger partial charge < -0.3 is 10.8 Å². The summed E-state index contributed by atoms with van der Waals surface area (Å²) in [6.45, 7) is 1.33. The van der Waals surface area contributed by atoms with E-state index in [-0.39, 0.29) is 4.90 Å².